The first-order chi connectivity index (χ1) is 12.1. The average Bonchev–Trinajstić information content (AvgIpc) is 3.02. The Morgan fingerprint density at radius 2 is 2.00 bits per heavy atom. The van der Waals surface area contributed by atoms with E-state index in [-0.39, 0.29) is 0 Å². The van der Waals surface area contributed by atoms with Crippen molar-refractivity contribution in [3.05, 3.63) is 76.6 Å². The molecule has 1 aromatic carbocycles. The van der Waals surface area contributed by atoms with Crippen molar-refractivity contribution in [2.45, 2.75) is 13.3 Å². The zero-order valence-electron chi connectivity index (χ0n) is 13.4. The number of rotatable bonds is 3. The third kappa shape index (κ3) is 2.98. The first-order valence-electron chi connectivity index (χ1n) is 7.81. The molecule has 0 amide bonds. The van der Waals surface area contributed by atoms with Gasteiger partial charge in [0.15, 0.2) is 11.6 Å². The van der Waals surface area contributed by atoms with Crippen LogP contribution in [0.5, 0.6) is 0 Å². The molecule has 4 rings (SSSR count). The van der Waals surface area contributed by atoms with E-state index in [4.69, 9.17) is 11.6 Å². The van der Waals surface area contributed by atoms with E-state index in [1.165, 1.54) is 6.20 Å². The van der Waals surface area contributed by atoms with Gasteiger partial charge in [-0.1, -0.05) is 35.9 Å². The van der Waals surface area contributed by atoms with Crippen LogP contribution in [0, 0.1) is 12.7 Å². The lowest BCUT2D eigenvalue weighted by Gasteiger charge is -2.07. The average molecular weight is 353 g/mol. The number of aromatic amines is 1. The summed E-state index contributed by atoms with van der Waals surface area (Å²) in [4.78, 5) is 15.9. The third-order valence-electron chi connectivity index (χ3n) is 4.17. The van der Waals surface area contributed by atoms with Gasteiger partial charge in [0.1, 0.15) is 5.65 Å². The van der Waals surface area contributed by atoms with Gasteiger partial charge in [0.2, 0.25) is 0 Å². The SMILES string of the molecule is Cc1ccccc1Cc1nc(-c2c[nH]c3ncc(Cl)cc23)ncc1F. The van der Waals surface area contributed by atoms with Crippen molar-refractivity contribution in [2.75, 3.05) is 0 Å². The maximum atomic E-state index is 14.2. The number of fused-ring (bicyclic) bond motifs is 1. The van der Waals surface area contributed by atoms with E-state index in [0.29, 0.717) is 28.6 Å². The number of H-pyrrole nitrogens is 1. The summed E-state index contributed by atoms with van der Waals surface area (Å²) in [6.07, 6.45) is 4.96. The molecule has 0 aliphatic carbocycles. The van der Waals surface area contributed by atoms with Crippen LogP contribution in [0.3, 0.4) is 0 Å². The van der Waals surface area contributed by atoms with Crippen LogP contribution in [-0.4, -0.2) is 19.9 Å². The van der Waals surface area contributed by atoms with Gasteiger partial charge in [-0.3, -0.25) is 0 Å². The van der Waals surface area contributed by atoms with E-state index >= 15 is 0 Å². The molecule has 0 atom stereocenters. The fourth-order valence-corrected chi connectivity index (χ4v) is 2.97. The number of nitrogens with zero attached hydrogens (tertiary/aromatic N) is 3. The Morgan fingerprint density at radius 3 is 2.84 bits per heavy atom. The predicted molar refractivity (Wildman–Crippen MR) is 96.1 cm³/mol. The molecule has 0 spiro atoms. The first-order valence-corrected chi connectivity index (χ1v) is 8.18. The first kappa shape index (κ1) is 15.7. The van der Waals surface area contributed by atoms with E-state index in [9.17, 15) is 4.39 Å². The molecule has 3 heterocycles. The van der Waals surface area contributed by atoms with Crippen LogP contribution in [0.15, 0.2) is 48.9 Å². The summed E-state index contributed by atoms with van der Waals surface area (Å²) in [6.45, 7) is 2.00. The van der Waals surface area contributed by atoms with Gasteiger partial charge in [0.25, 0.3) is 0 Å². The van der Waals surface area contributed by atoms with E-state index in [1.54, 1.807) is 18.5 Å². The summed E-state index contributed by atoms with van der Waals surface area (Å²) in [6, 6.07) is 9.68. The fraction of sp³-hybridized carbons (Fsp3) is 0.105. The summed E-state index contributed by atoms with van der Waals surface area (Å²) in [5.41, 5.74) is 3.94. The highest BCUT2D eigenvalue weighted by molar-refractivity contribution is 6.31. The summed E-state index contributed by atoms with van der Waals surface area (Å²) >= 11 is 6.04. The monoisotopic (exact) mass is 352 g/mol. The van der Waals surface area contributed by atoms with Gasteiger partial charge in [-0.05, 0) is 24.1 Å². The molecule has 1 N–H and O–H groups in total. The Balaban J connectivity index is 1.79. The molecule has 0 aliphatic heterocycles. The molecule has 4 nitrogen and oxygen atoms in total. The smallest absolute Gasteiger partial charge is 0.163 e. The lowest BCUT2D eigenvalue weighted by molar-refractivity contribution is 0.596. The lowest BCUT2D eigenvalue weighted by Crippen LogP contribution is -2.02. The highest BCUT2D eigenvalue weighted by Crippen LogP contribution is 2.27. The van der Waals surface area contributed by atoms with Crippen molar-refractivity contribution in [2.24, 2.45) is 0 Å². The molecular weight excluding hydrogens is 339 g/mol. The Morgan fingerprint density at radius 1 is 1.16 bits per heavy atom. The van der Waals surface area contributed by atoms with Crippen molar-refractivity contribution >= 4 is 22.6 Å². The van der Waals surface area contributed by atoms with Gasteiger partial charge in [-0.15, -0.1) is 0 Å². The maximum Gasteiger partial charge on any atom is 0.163 e. The van der Waals surface area contributed by atoms with Crippen molar-refractivity contribution in [3.8, 4) is 11.4 Å². The summed E-state index contributed by atoms with van der Waals surface area (Å²) < 4.78 is 14.2. The quantitative estimate of drug-likeness (QED) is 0.581. The van der Waals surface area contributed by atoms with Crippen LogP contribution < -0.4 is 0 Å². The Hall–Kier alpha value is -2.79. The normalized spacial score (nSPS) is 11.2. The van der Waals surface area contributed by atoms with E-state index in [2.05, 4.69) is 19.9 Å². The molecule has 124 valence electrons. The number of aryl methyl sites for hydroxylation is 1. The molecule has 0 radical (unpaired) electrons. The van der Waals surface area contributed by atoms with Gasteiger partial charge >= 0.3 is 0 Å². The number of nitrogens with one attached hydrogen (secondary N) is 1. The second kappa shape index (κ2) is 6.26. The Labute approximate surface area is 148 Å². The molecule has 6 heteroatoms. The predicted octanol–water partition coefficient (Wildman–Crippen LogP) is 4.71. The van der Waals surface area contributed by atoms with E-state index in [0.717, 1.165) is 22.1 Å². The number of hydrogen-bond acceptors (Lipinski definition) is 3. The third-order valence-corrected chi connectivity index (χ3v) is 4.38. The summed E-state index contributed by atoms with van der Waals surface area (Å²) in [7, 11) is 0. The largest absolute Gasteiger partial charge is 0.345 e. The molecule has 0 saturated carbocycles. The highest BCUT2D eigenvalue weighted by Gasteiger charge is 2.14. The fourth-order valence-electron chi connectivity index (χ4n) is 2.81. The van der Waals surface area contributed by atoms with Crippen LogP contribution in [-0.2, 0) is 6.42 Å². The summed E-state index contributed by atoms with van der Waals surface area (Å²) in [5, 5.41) is 1.33. The Bertz CT molecular complexity index is 1070. The van der Waals surface area contributed by atoms with Crippen LogP contribution in [0.4, 0.5) is 4.39 Å². The van der Waals surface area contributed by atoms with Crippen LogP contribution in [0.25, 0.3) is 22.4 Å². The zero-order valence-corrected chi connectivity index (χ0v) is 14.2. The maximum absolute atomic E-state index is 14.2. The van der Waals surface area contributed by atoms with Crippen molar-refractivity contribution in [1.29, 1.82) is 0 Å². The number of aromatic nitrogens is 4. The molecule has 4 aromatic rings. The second-order valence-electron chi connectivity index (χ2n) is 5.84. The standard InChI is InChI=1S/C19H14ClFN4/c1-11-4-2-3-5-12(11)6-17-16(21)10-24-19(25-17)15-9-23-18-14(15)7-13(20)8-22-18/h2-5,7-10H,6H2,1H3,(H,22,23). The van der Waals surface area contributed by atoms with Gasteiger partial charge in [0, 0.05) is 29.8 Å². The van der Waals surface area contributed by atoms with Crippen LogP contribution in [0.2, 0.25) is 5.02 Å². The number of hydrogen-bond donors (Lipinski definition) is 1. The molecule has 0 aliphatic rings. The molecule has 3 aromatic heterocycles. The molecule has 0 saturated heterocycles. The van der Waals surface area contributed by atoms with E-state index in [1.807, 2.05) is 31.2 Å². The van der Waals surface area contributed by atoms with Gasteiger partial charge in [0.05, 0.1) is 16.9 Å². The van der Waals surface area contributed by atoms with E-state index < -0.39 is 5.82 Å². The van der Waals surface area contributed by atoms with Crippen LogP contribution in [0.1, 0.15) is 16.8 Å². The lowest BCUT2D eigenvalue weighted by atomic mass is 10.0. The molecule has 0 unspecified atom stereocenters. The molecule has 25 heavy (non-hydrogen) atoms. The molecule has 0 bridgehead atoms. The summed E-state index contributed by atoms with van der Waals surface area (Å²) in [5.74, 6) is 0.0308. The van der Waals surface area contributed by atoms with Gasteiger partial charge in [-0.25, -0.2) is 19.3 Å². The number of pyridine rings is 1. The highest BCUT2D eigenvalue weighted by atomic mass is 35.5. The Kier molecular flexibility index (Phi) is 3.93. The minimum absolute atomic E-state index is 0.364. The molecule has 0 fully saturated rings. The van der Waals surface area contributed by atoms with Gasteiger partial charge in [-0.2, -0.15) is 0 Å². The minimum atomic E-state index is -0.414. The topological polar surface area (TPSA) is 54.5 Å². The number of benzene rings is 1. The molecular formula is C19H14ClFN4. The van der Waals surface area contributed by atoms with Crippen molar-refractivity contribution in [3.63, 3.8) is 0 Å². The second-order valence-corrected chi connectivity index (χ2v) is 6.28. The minimum Gasteiger partial charge on any atom is -0.345 e. The van der Waals surface area contributed by atoms with Gasteiger partial charge < -0.3 is 4.98 Å². The number of halogens is 2. The van der Waals surface area contributed by atoms with Crippen LogP contribution >= 0.6 is 11.6 Å². The van der Waals surface area contributed by atoms with Crippen molar-refractivity contribution < 1.29 is 4.39 Å². The zero-order chi connectivity index (χ0) is 17.4. The van der Waals surface area contributed by atoms with Crippen molar-refractivity contribution in [1.82, 2.24) is 19.9 Å².